The quantitative estimate of drug-likeness (QED) is 0.104. The summed E-state index contributed by atoms with van der Waals surface area (Å²) in [5.74, 6) is 1.38. The van der Waals surface area contributed by atoms with Crippen LogP contribution in [0.5, 0.6) is 11.5 Å². The number of benzene rings is 4. The minimum Gasteiger partial charge on any atom is -0.497 e. The number of carbonyl (C=O) groups is 1. The molecule has 1 amide bonds. The van der Waals surface area contributed by atoms with Gasteiger partial charge in [-0.2, -0.15) is 0 Å². The molecule has 0 unspecified atom stereocenters. The van der Waals surface area contributed by atoms with Crippen molar-refractivity contribution in [1.82, 2.24) is 19.5 Å². The molecule has 1 aliphatic rings. The van der Waals surface area contributed by atoms with Crippen LogP contribution >= 0.6 is 12.2 Å². The molecule has 1 fully saturated rings. The predicted molar refractivity (Wildman–Crippen MR) is 190 cm³/mol. The zero-order valence-electron chi connectivity index (χ0n) is 27.4. The molecular formula is C38H35N5O6S. The molecule has 0 aliphatic carbocycles. The van der Waals surface area contributed by atoms with E-state index in [0.29, 0.717) is 33.0 Å². The van der Waals surface area contributed by atoms with Crippen LogP contribution in [-0.4, -0.2) is 63.6 Å². The highest BCUT2D eigenvalue weighted by Gasteiger charge is 2.42. The van der Waals surface area contributed by atoms with Crippen LogP contribution in [0.1, 0.15) is 39.7 Å². The Balaban J connectivity index is 1.20. The van der Waals surface area contributed by atoms with Crippen LogP contribution in [0.4, 0.5) is 5.82 Å². The molecule has 254 valence electrons. The zero-order chi connectivity index (χ0) is 34.7. The Kier molecular flexibility index (Phi) is 9.42. The number of H-pyrrole nitrogens is 1. The number of anilines is 1. The van der Waals surface area contributed by atoms with Crippen molar-refractivity contribution in [2.24, 2.45) is 0 Å². The van der Waals surface area contributed by atoms with E-state index in [9.17, 15) is 9.90 Å². The molecule has 50 heavy (non-hydrogen) atoms. The number of ether oxygens (including phenoxy) is 4. The summed E-state index contributed by atoms with van der Waals surface area (Å²) < 4.78 is 26.4. The summed E-state index contributed by atoms with van der Waals surface area (Å²) in [5.41, 5.74) is 2.89. The zero-order valence-corrected chi connectivity index (χ0v) is 28.2. The van der Waals surface area contributed by atoms with Crippen LogP contribution in [0.3, 0.4) is 0 Å². The molecular weight excluding hydrogens is 655 g/mol. The summed E-state index contributed by atoms with van der Waals surface area (Å²) in [6, 6.07) is 34.3. The first-order valence-corrected chi connectivity index (χ1v) is 16.5. The van der Waals surface area contributed by atoms with Gasteiger partial charge in [-0.3, -0.25) is 9.36 Å². The molecule has 4 aromatic carbocycles. The summed E-state index contributed by atoms with van der Waals surface area (Å²) in [6.45, 7) is 0.0354. The fraction of sp³-hybridized carbons (Fsp3) is 0.211. The van der Waals surface area contributed by atoms with Crippen molar-refractivity contribution in [3.05, 3.63) is 143 Å². The molecule has 0 radical (unpaired) electrons. The first kappa shape index (κ1) is 33.1. The molecule has 3 atom stereocenters. The van der Waals surface area contributed by atoms with Crippen LogP contribution in [0, 0.1) is 4.77 Å². The van der Waals surface area contributed by atoms with E-state index in [2.05, 4.69) is 20.3 Å². The maximum absolute atomic E-state index is 12.9. The number of hydrogen-bond donors (Lipinski definition) is 3. The number of amides is 1. The molecule has 1 aliphatic heterocycles. The fourth-order valence-electron chi connectivity index (χ4n) is 6.37. The summed E-state index contributed by atoms with van der Waals surface area (Å²) in [4.78, 5) is 24.8. The van der Waals surface area contributed by atoms with E-state index < -0.39 is 24.0 Å². The third-order valence-corrected chi connectivity index (χ3v) is 9.20. The van der Waals surface area contributed by atoms with Crippen LogP contribution in [0.15, 0.2) is 116 Å². The molecule has 2 aromatic heterocycles. The van der Waals surface area contributed by atoms with Gasteiger partial charge < -0.3 is 34.4 Å². The van der Waals surface area contributed by atoms with Crippen molar-refractivity contribution in [3.63, 3.8) is 0 Å². The largest absolute Gasteiger partial charge is 0.497 e. The van der Waals surface area contributed by atoms with Crippen molar-refractivity contribution >= 4 is 35.1 Å². The van der Waals surface area contributed by atoms with E-state index in [1.54, 1.807) is 43.1 Å². The third-order valence-electron chi connectivity index (χ3n) is 8.90. The Labute approximate surface area is 293 Å². The minimum absolute atomic E-state index is 0.0354. The summed E-state index contributed by atoms with van der Waals surface area (Å²) in [6.07, 6.45) is -0.683. The summed E-state index contributed by atoms with van der Waals surface area (Å²) in [5, 5.41) is 14.2. The molecule has 1 saturated heterocycles. The molecule has 0 bridgehead atoms. The molecule has 3 N–H and O–H groups in total. The Morgan fingerprint density at radius 2 is 1.48 bits per heavy atom. The Hall–Kier alpha value is -5.40. The van der Waals surface area contributed by atoms with Gasteiger partial charge in [-0.15, -0.1) is 0 Å². The molecule has 0 spiro atoms. The molecule has 7 rings (SSSR count). The molecule has 6 aromatic rings. The number of nitrogens with zero attached hydrogens (tertiary/aromatic N) is 3. The number of aromatic amines is 1. The highest BCUT2D eigenvalue weighted by atomic mass is 32.1. The standard InChI is InChI=1S/C38H35N5O6S/c1-46-28-17-13-26(14-18-28)38(25-11-7-4-8-12-25,27-15-19-29(47-2)20-16-27)48-22-31-30(44)21-32(49-31)43-35-33(41-37(43)50)34(39-23-40-35)42-36(45)24-9-5-3-6-10-24/h3-20,23,30-32,44H,21-22H2,1-2H3,(H,41,50)(H,39,40,42,45)/t30-,31+,32+/m0/s1. The second-order valence-corrected chi connectivity index (χ2v) is 12.2. The summed E-state index contributed by atoms with van der Waals surface area (Å²) >= 11 is 5.70. The van der Waals surface area contributed by atoms with Gasteiger partial charge in [-0.1, -0.05) is 72.8 Å². The van der Waals surface area contributed by atoms with Gasteiger partial charge in [-0.05, 0) is 65.3 Å². The number of aliphatic hydroxyl groups is 1. The van der Waals surface area contributed by atoms with Gasteiger partial charge in [0.05, 0.1) is 26.9 Å². The van der Waals surface area contributed by atoms with Crippen LogP contribution in [0.2, 0.25) is 0 Å². The highest BCUT2D eigenvalue weighted by molar-refractivity contribution is 7.71. The van der Waals surface area contributed by atoms with Gasteiger partial charge in [-0.25, -0.2) is 9.97 Å². The van der Waals surface area contributed by atoms with Crippen LogP contribution in [0.25, 0.3) is 11.2 Å². The van der Waals surface area contributed by atoms with Crippen molar-refractivity contribution in [2.45, 2.75) is 30.5 Å². The monoisotopic (exact) mass is 689 g/mol. The Bertz CT molecular complexity index is 2090. The second-order valence-electron chi connectivity index (χ2n) is 11.8. The van der Waals surface area contributed by atoms with Crippen molar-refractivity contribution < 1.29 is 28.8 Å². The van der Waals surface area contributed by atoms with Gasteiger partial charge >= 0.3 is 0 Å². The van der Waals surface area contributed by atoms with Gasteiger partial charge in [0.1, 0.15) is 41.3 Å². The Morgan fingerprint density at radius 1 is 0.900 bits per heavy atom. The van der Waals surface area contributed by atoms with Gasteiger partial charge in [0.15, 0.2) is 16.2 Å². The normalized spacial score (nSPS) is 17.5. The lowest BCUT2D eigenvalue weighted by Gasteiger charge is -2.37. The lowest BCUT2D eigenvalue weighted by atomic mass is 9.80. The number of aromatic nitrogens is 4. The number of rotatable bonds is 11. The number of aliphatic hydroxyl groups excluding tert-OH is 1. The predicted octanol–water partition coefficient (Wildman–Crippen LogP) is 6.42. The second kappa shape index (κ2) is 14.2. The summed E-state index contributed by atoms with van der Waals surface area (Å²) in [7, 11) is 3.25. The van der Waals surface area contributed by atoms with Crippen molar-refractivity contribution in [2.75, 3.05) is 26.1 Å². The maximum Gasteiger partial charge on any atom is 0.256 e. The molecule has 0 saturated carbocycles. The number of nitrogens with one attached hydrogen (secondary N) is 2. The smallest absolute Gasteiger partial charge is 0.256 e. The van der Waals surface area contributed by atoms with Gasteiger partial charge in [0.2, 0.25) is 0 Å². The Morgan fingerprint density at radius 3 is 2.08 bits per heavy atom. The highest BCUT2D eigenvalue weighted by Crippen LogP contribution is 2.43. The fourth-order valence-corrected chi connectivity index (χ4v) is 6.68. The maximum atomic E-state index is 12.9. The average molecular weight is 690 g/mol. The van der Waals surface area contributed by atoms with Crippen LogP contribution < -0.4 is 14.8 Å². The molecule has 11 nitrogen and oxygen atoms in total. The minimum atomic E-state index is -1.09. The van der Waals surface area contributed by atoms with Gasteiger partial charge in [0, 0.05) is 12.0 Å². The van der Waals surface area contributed by atoms with E-state index in [0.717, 1.165) is 16.7 Å². The van der Waals surface area contributed by atoms with Crippen molar-refractivity contribution in [1.29, 1.82) is 0 Å². The lowest BCUT2D eigenvalue weighted by molar-refractivity contribution is -0.0933. The van der Waals surface area contributed by atoms with E-state index >= 15 is 0 Å². The number of methoxy groups -OCH3 is 2. The topological polar surface area (TPSA) is 133 Å². The lowest BCUT2D eigenvalue weighted by Crippen LogP contribution is -2.38. The van der Waals surface area contributed by atoms with Crippen LogP contribution in [-0.2, 0) is 15.1 Å². The SMILES string of the molecule is COc1ccc(C(OC[C@H]2O[C@@H](n3c(=S)[nH]c4c(NC(=O)c5ccccc5)ncnc43)C[C@@H]2O)(c2ccccc2)c2ccc(OC)cc2)cc1. The average Bonchev–Trinajstić information content (AvgIpc) is 3.71. The first-order chi connectivity index (χ1) is 24.4. The van der Waals surface area contributed by atoms with E-state index in [1.807, 2.05) is 84.9 Å². The number of hydrogen-bond acceptors (Lipinski definition) is 9. The number of carbonyl (C=O) groups excluding carboxylic acids is 1. The molecule has 3 heterocycles. The number of imidazole rings is 1. The van der Waals surface area contributed by atoms with E-state index in [-0.39, 0.29) is 24.8 Å². The molecule has 12 heteroatoms. The van der Waals surface area contributed by atoms with E-state index in [4.69, 9.17) is 31.2 Å². The van der Waals surface area contributed by atoms with Crippen molar-refractivity contribution in [3.8, 4) is 11.5 Å². The number of fused-ring (bicyclic) bond motifs is 1. The van der Waals surface area contributed by atoms with Gasteiger partial charge in [0.25, 0.3) is 5.91 Å². The third kappa shape index (κ3) is 6.25. The first-order valence-electron chi connectivity index (χ1n) is 16.0. The van der Waals surface area contributed by atoms with E-state index in [1.165, 1.54) is 6.33 Å².